The van der Waals surface area contributed by atoms with Gasteiger partial charge >= 0.3 is 5.97 Å². The first kappa shape index (κ1) is 16.2. The number of nitrogens with one attached hydrogen (secondary N) is 1. The molecular weight excluding hydrogens is 258 g/mol. The normalized spacial score (nSPS) is 11.4. The van der Waals surface area contributed by atoms with E-state index in [4.69, 9.17) is 5.11 Å². The molecule has 0 aromatic carbocycles. The molecule has 6 heteroatoms. The highest BCUT2D eigenvalue weighted by molar-refractivity contribution is 5.94. The lowest BCUT2D eigenvalue weighted by Crippen LogP contribution is -2.28. The monoisotopic (exact) mass is 281 g/mol. The number of carboxylic acids is 1. The van der Waals surface area contributed by atoms with Crippen molar-refractivity contribution in [3.05, 3.63) is 17.5 Å². The van der Waals surface area contributed by atoms with Crippen LogP contribution in [0, 0.1) is 12.3 Å². The third-order valence-electron chi connectivity index (χ3n) is 3.58. The van der Waals surface area contributed by atoms with Crippen molar-refractivity contribution in [2.24, 2.45) is 12.5 Å². The van der Waals surface area contributed by atoms with Crippen LogP contribution in [0.4, 0.5) is 0 Å². The number of aliphatic carboxylic acids is 1. The van der Waals surface area contributed by atoms with Crippen LogP contribution in [0.3, 0.4) is 0 Å². The number of hydrogen-bond donors (Lipinski definition) is 2. The number of aromatic nitrogens is 2. The van der Waals surface area contributed by atoms with Gasteiger partial charge in [0.15, 0.2) is 0 Å². The van der Waals surface area contributed by atoms with Crippen molar-refractivity contribution in [3.63, 3.8) is 0 Å². The van der Waals surface area contributed by atoms with E-state index in [9.17, 15) is 9.59 Å². The first-order chi connectivity index (χ1) is 9.23. The van der Waals surface area contributed by atoms with Crippen molar-refractivity contribution in [3.8, 4) is 0 Å². The molecule has 6 nitrogen and oxygen atoms in total. The van der Waals surface area contributed by atoms with Crippen LogP contribution >= 0.6 is 0 Å². The molecule has 112 valence electrons. The highest BCUT2D eigenvalue weighted by Crippen LogP contribution is 2.26. The largest absolute Gasteiger partial charge is 0.481 e. The molecule has 1 aromatic rings. The van der Waals surface area contributed by atoms with Crippen LogP contribution in [0.15, 0.2) is 6.20 Å². The second kappa shape index (κ2) is 6.54. The van der Waals surface area contributed by atoms with Crippen LogP contribution in [-0.2, 0) is 11.8 Å². The van der Waals surface area contributed by atoms with Gasteiger partial charge < -0.3 is 10.4 Å². The van der Waals surface area contributed by atoms with Crippen LogP contribution in [0.2, 0.25) is 0 Å². The molecular formula is C14H23N3O3. The van der Waals surface area contributed by atoms with Crippen molar-refractivity contribution < 1.29 is 14.7 Å². The van der Waals surface area contributed by atoms with Crippen molar-refractivity contribution in [1.82, 2.24) is 15.1 Å². The summed E-state index contributed by atoms with van der Waals surface area (Å²) < 4.78 is 1.66. The fourth-order valence-corrected chi connectivity index (χ4v) is 1.90. The standard InChI is InChI=1S/C14H23N3O3/c1-10-11(9-16-17(10)4)13(20)15-8-7-14(2,3)6-5-12(18)19/h9H,5-8H2,1-4H3,(H,15,20)(H,18,19). The lowest BCUT2D eigenvalue weighted by atomic mass is 9.84. The minimum atomic E-state index is -0.784. The number of aryl methyl sites for hydroxylation is 1. The smallest absolute Gasteiger partial charge is 0.303 e. The number of carboxylic acid groups (broad SMARTS) is 1. The molecule has 20 heavy (non-hydrogen) atoms. The summed E-state index contributed by atoms with van der Waals surface area (Å²) in [7, 11) is 1.79. The second-order valence-corrected chi connectivity index (χ2v) is 5.83. The lowest BCUT2D eigenvalue weighted by molar-refractivity contribution is -0.137. The maximum atomic E-state index is 12.0. The molecule has 0 radical (unpaired) electrons. The number of carbonyl (C=O) groups is 2. The van der Waals surface area contributed by atoms with E-state index in [2.05, 4.69) is 10.4 Å². The zero-order valence-corrected chi connectivity index (χ0v) is 12.6. The zero-order chi connectivity index (χ0) is 15.3. The highest BCUT2D eigenvalue weighted by Gasteiger charge is 2.20. The quantitative estimate of drug-likeness (QED) is 0.797. The Kier molecular flexibility index (Phi) is 5.30. The molecule has 0 spiro atoms. The Morgan fingerprint density at radius 2 is 2.05 bits per heavy atom. The van der Waals surface area contributed by atoms with Gasteiger partial charge in [0, 0.05) is 25.7 Å². The summed E-state index contributed by atoms with van der Waals surface area (Å²) >= 11 is 0. The van der Waals surface area contributed by atoms with Gasteiger partial charge in [-0.1, -0.05) is 13.8 Å². The van der Waals surface area contributed by atoms with Crippen molar-refractivity contribution in [2.45, 2.75) is 40.0 Å². The topological polar surface area (TPSA) is 84.2 Å². The summed E-state index contributed by atoms with van der Waals surface area (Å²) in [5.41, 5.74) is 1.30. The van der Waals surface area contributed by atoms with Gasteiger partial charge in [-0.05, 0) is 25.2 Å². The van der Waals surface area contributed by atoms with Crippen LogP contribution in [0.1, 0.15) is 49.2 Å². The molecule has 1 aromatic heterocycles. The van der Waals surface area contributed by atoms with Crippen LogP contribution in [0.5, 0.6) is 0 Å². The SMILES string of the molecule is Cc1c(C(=O)NCCC(C)(C)CCC(=O)O)cnn1C. The Hall–Kier alpha value is -1.85. The molecule has 0 saturated heterocycles. The van der Waals surface area contributed by atoms with Gasteiger partial charge in [-0.2, -0.15) is 5.10 Å². The predicted molar refractivity (Wildman–Crippen MR) is 75.5 cm³/mol. The Morgan fingerprint density at radius 1 is 1.40 bits per heavy atom. The third kappa shape index (κ3) is 4.68. The lowest BCUT2D eigenvalue weighted by Gasteiger charge is -2.23. The van der Waals surface area contributed by atoms with Gasteiger partial charge in [0.2, 0.25) is 0 Å². The van der Waals surface area contributed by atoms with Crippen molar-refractivity contribution in [2.75, 3.05) is 6.54 Å². The fourth-order valence-electron chi connectivity index (χ4n) is 1.90. The van der Waals surface area contributed by atoms with E-state index in [0.29, 0.717) is 18.5 Å². The first-order valence-corrected chi connectivity index (χ1v) is 6.71. The summed E-state index contributed by atoms with van der Waals surface area (Å²) in [6, 6.07) is 0. The average molecular weight is 281 g/mol. The van der Waals surface area contributed by atoms with E-state index in [1.54, 1.807) is 17.9 Å². The predicted octanol–water partition coefficient (Wildman–Crippen LogP) is 1.74. The summed E-state index contributed by atoms with van der Waals surface area (Å²) in [6.45, 7) is 6.40. The summed E-state index contributed by atoms with van der Waals surface area (Å²) in [5.74, 6) is -0.919. The molecule has 0 unspecified atom stereocenters. The molecule has 0 bridgehead atoms. The van der Waals surface area contributed by atoms with Crippen LogP contribution in [-0.4, -0.2) is 33.3 Å². The number of rotatable bonds is 7. The Bertz CT molecular complexity index is 492. The Morgan fingerprint density at radius 3 is 2.55 bits per heavy atom. The maximum Gasteiger partial charge on any atom is 0.303 e. The molecule has 2 N–H and O–H groups in total. The molecule has 1 amide bonds. The van der Waals surface area contributed by atoms with E-state index >= 15 is 0 Å². The molecule has 1 heterocycles. The number of amides is 1. The molecule has 0 aliphatic rings. The van der Waals surface area contributed by atoms with Crippen LogP contribution in [0.25, 0.3) is 0 Å². The van der Waals surface area contributed by atoms with Gasteiger partial charge in [0.25, 0.3) is 5.91 Å². The van der Waals surface area contributed by atoms with Gasteiger partial charge in [-0.25, -0.2) is 0 Å². The van der Waals surface area contributed by atoms with Gasteiger partial charge in [0.1, 0.15) is 0 Å². The molecule has 0 atom stereocenters. The average Bonchev–Trinajstić information content (AvgIpc) is 2.67. The number of carbonyl (C=O) groups excluding carboxylic acids is 1. The van der Waals surface area contributed by atoms with E-state index in [0.717, 1.165) is 12.1 Å². The molecule has 0 fully saturated rings. The van der Waals surface area contributed by atoms with Crippen molar-refractivity contribution in [1.29, 1.82) is 0 Å². The van der Waals surface area contributed by atoms with Gasteiger partial charge in [0.05, 0.1) is 11.8 Å². The molecule has 1 rings (SSSR count). The summed E-state index contributed by atoms with van der Waals surface area (Å²) in [5, 5.41) is 15.6. The Balaban J connectivity index is 2.42. The van der Waals surface area contributed by atoms with Crippen LogP contribution < -0.4 is 5.32 Å². The first-order valence-electron chi connectivity index (χ1n) is 6.71. The second-order valence-electron chi connectivity index (χ2n) is 5.83. The van der Waals surface area contributed by atoms with Gasteiger partial charge in [-0.3, -0.25) is 14.3 Å². The molecule has 0 aliphatic heterocycles. The maximum absolute atomic E-state index is 12.0. The van der Waals surface area contributed by atoms with E-state index in [1.807, 2.05) is 20.8 Å². The van der Waals surface area contributed by atoms with Crippen molar-refractivity contribution >= 4 is 11.9 Å². The fraction of sp³-hybridized carbons (Fsp3) is 0.643. The minimum Gasteiger partial charge on any atom is -0.481 e. The number of nitrogens with zero attached hydrogens (tertiary/aromatic N) is 2. The van der Waals surface area contributed by atoms with Gasteiger partial charge in [-0.15, -0.1) is 0 Å². The van der Waals surface area contributed by atoms with E-state index in [1.165, 1.54) is 0 Å². The molecule has 0 aliphatic carbocycles. The summed E-state index contributed by atoms with van der Waals surface area (Å²) in [4.78, 5) is 22.5. The zero-order valence-electron chi connectivity index (χ0n) is 12.6. The molecule has 0 saturated carbocycles. The third-order valence-corrected chi connectivity index (χ3v) is 3.58. The summed E-state index contributed by atoms with van der Waals surface area (Å²) in [6.07, 6.45) is 3.05. The minimum absolute atomic E-state index is 0.102. The van der Waals surface area contributed by atoms with E-state index in [-0.39, 0.29) is 17.7 Å². The number of hydrogen-bond acceptors (Lipinski definition) is 3. The highest BCUT2D eigenvalue weighted by atomic mass is 16.4. The Labute approximate surface area is 119 Å². The van der Waals surface area contributed by atoms with E-state index < -0.39 is 5.97 Å².